The summed E-state index contributed by atoms with van der Waals surface area (Å²) in [6, 6.07) is 7.14. The highest BCUT2D eigenvalue weighted by atomic mass is 32.1. The van der Waals surface area contributed by atoms with Crippen molar-refractivity contribution in [2.45, 2.75) is 25.5 Å². The fourth-order valence-electron chi connectivity index (χ4n) is 2.54. The summed E-state index contributed by atoms with van der Waals surface area (Å²) in [7, 11) is 1.76. The summed E-state index contributed by atoms with van der Waals surface area (Å²) in [5, 5.41) is 9.43. The average Bonchev–Trinajstić information content (AvgIpc) is 2.84. The quantitative estimate of drug-likeness (QED) is 0.653. The van der Waals surface area contributed by atoms with Crippen LogP contribution in [0.5, 0.6) is 0 Å². The minimum absolute atomic E-state index is 0.192. The third kappa shape index (κ3) is 2.77. The van der Waals surface area contributed by atoms with Crippen molar-refractivity contribution in [2.24, 2.45) is 7.05 Å². The van der Waals surface area contributed by atoms with Crippen molar-refractivity contribution < 1.29 is 14.3 Å². The molecule has 1 aliphatic heterocycles. The third-order valence-electron chi connectivity index (χ3n) is 3.94. The van der Waals surface area contributed by atoms with Gasteiger partial charge < -0.3 is 14.6 Å². The minimum atomic E-state index is -1.24. The van der Waals surface area contributed by atoms with E-state index < -0.39 is 11.6 Å². The first-order valence-electron chi connectivity index (χ1n) is 7.10. The number of nitrogens with one attached hydrogen (secondary N) is 2. The molecule has 0 spiro atoms. The number of cyclic esters (lactones) is 1. The first kappa shape index (κ1) is 15.4. The van der Waals surface area contributed by atoms with E-state index >= 15 is 0 Å². The molecule has 0 saturated carbocycles. The second-order valence-electron chi connectivity index (χ2n) is 5.64. The Morgan fingerprint density at radius 1 is 1.52 bits per heavy atom. The van der Waals surface area contributed by atoms with Gasteiger partial charge in [0.2, 0.25) is 0 Å². The summed E-state index contributed by atoms with van der Waals surface area (Å²) in [5.74, 6) is -0.258. The first-order valence-corrected chi connectivity index (χ1v) is 7.51. The Bertz CT molecular complexity index is 841. The van der Waals surface area contributed by atoms with Crippen LogP contribution in [0.25, 0.3) is 0 Å². The number of hydrogen-bond acceptors (Lipinski definition) is 5. The molecule has 2 aromatic rings. The number of esters is 1. The molecular formula is C15H16N4O3S. The molecule has 1 unspecified atom stereocenters. The highest BCUT2D eigenvalue weighted by molar-refractivity contribution is 7.71. The van der Waals surface area contributed by atoms with Crippen LogP contribution in [0.2, 0.25) is 0 Å². The lowest BCUT2D eigenvalue weighted by atomic mass is 9.89. The SMILES string of the molecule is Cn1c(CNC(=O)C2(C)Cc3ccccc3C(=O)O2)n[nH]c1=S. The number of aromatic nitrogens is 3. The van der Waals surface area contributed by atoms with Gasteiger partial charge in [0.1, 0.15) is 0 Å². The molecule has 8 heteroatoms. The number of rotatable bonds is 3. The highest BCUT2D eigenvalue weighted by Gasteiger charge is 2.42. The maximum Gasteiger partial charge on any atom is 0.339 e. The van der Waals surface area contributed by atoms with E-state index in [-0.39, 0.29) is 12.5 Å². The lowest BCUT2D eigenvalue weighted by molar-refractivity contribution is -0.140. The normalized spacial score (nSPS) is 19.8. The van der Waals surface area contributed by atoms with Gasteiger partial charge in [-0.15, -0.1) is 0 Å². The molecule has 1 aromatic heterocycles. The Morgan fingerprint density at radius 2 is 2.26 bits per heavy atom. The van der Waals surface area contributed by atoms with Crippen molar-refractivity contribution in [2.75, 3.05) is 0 Å². The number of nitrogens with zero attached hydrogens (tertiary/aromatic N) is 2. The molecule has 1 aromatic carbocycles. The van der Waals surface area contributed by atoms with Crippen LogP contribution in [0.4, 0.5) is 0 Å². The number of carbonyl (C=O) groups excluding carboxylic acids is 2. The second-order valence-corrected chi connectivity index (χ2v) is 6.03. The number of ether oxygens (including phenoxy) is 1. The fourth-order valence-corrected chi connectivity index (χ4v) is 2.69. The Balaban J connectivity index is 1.76. The standard InChI is InChI=1S/C15H16N4O3S/c1-15(7-9-5-3-4-6-10(9)12(20)22-15)13(21)16-8-11-17-18-14(23)19(11)2/h3-6H,7-8H2,1-2H3,(H,16,21)(H,18,23). The zero-order valence-electron chi connectivity index (χ0n) is 12.8. The molecule has 2 N–H and O–H groups in total. The van der Waals surface area contributed by atoms with Crippen LogP contribution in [0, 0.1) is 4.77 Å². The van der Waals surface area contributed by atoms with E-state index in [1.54, 1.807) is 30.7 Å². The molecule has 7 nitrogen and oxygen atoms in total. The van der Waals surface area contributed by atoms with E-state index in [2.05, 4.69) is 15.5 Å². The van der Waals surface area contributed by atoms with Gasteiger partial charge in [-0.05, 0) is 30.8 Å². The monoisotopic (exact) mass is 332 g/mol. The molecule has 0 saturated heterocycles. The average molecular weight is 332 g/mol. The maximum absolute atomic E-state index is 12.5. The predicted octanol–water partition coefficient (Wildman–Crippen LogP) is 1.27. The van der Waals surface area contributed by atoms with Gasteiger partial charge in [-0.25, -0.2) is 4.79 Å². The lowest BCUT2D eigenvalue weighted by Gasteiger charge is -2.32. The van der Waals surface area contributed by atoms with Gasteiger partial charge in [0.05, 0.1) is 12.1 Å². The first-order chi connectivity index (χ1) is 10.9. The van der Waals surface area contributed by atoms with Gasteiger partial charge in [-0.2, -0.15) is 5.10 Å². The number of aromatic amines is 1. The number of carbonyl (C=O) groups is 2. The minimum Gasteiger partial charge on any atom is -0.445 e. The van der Waals surface area contributed by atoms with Crippen molar-refractivity contribution in [1.82, 2.24) is 20.1 Å². The van der Waals surface area contributed by atoms with Gasteiger partial charge in [0.25, 0.3) is 5.91 Å². The number of benzene rings is 1. The highest BCUT2D eigenvalue weighted by Crippen LogP contribution is 2.28. The van der Waals surface area contributed by atoms with E-state index in [1.807, 2.05) is 12.1 Å². The topological polar surface area (TPSA) is 89.0 Å². The Morgan fingerprint density at radius 3 is 2.96 bits per heavy atom. The lowest BCUT2D eigenvalue weighted by Crippen LogP contribution is -2.51. The summed E-state index contributed by atoms with van der Waals surface area (Å²) in [5.41, 5.74) is 0.0729. The summed E-state index contributed by atoms with van der Waals surface area (Å²) >= 11 is 5.02. The number of H-pyrrole nitrogens is 1. The molecule has 0 aliphatic carbocycles. The van der Waals surface area contributed by atoms with Gasteiger partial charge >= 0.3 is 5.97 Å². The van der Waals surface area contributed by atoms with Gasteiger partial charge in [0, 0.05) is 13.5 Å². The Kier molecular flexibility index (Phi) is 3.77. The van der Waals surface area contributed by atoms with Crippen LogP contribution in [0.1, 0.15) is 28.7 Å². The van der Waals surface area contributed by atoms with Crippen molar-refractivity contribution >= 4 is 24.1 Å². The smallest absolute Gasteiger partial charge is 0.339 e. The largest absolute Gasteiger partial charge is 0.445 e. The summed E-state index contributed by atoms with van der Waals surface area (Å²) in [6.07, 6.45) is 0.333. The van der Waals surface area contributed by atoms with Crippen LogP contribution < -0.4 is 5.32 Å². The molecule has 3 rings (SSSR count). The molecule has 1 aliphatic rings. The zero-order valence-corrected chi connectivity index (χ0v) is 13.6. The Hall–Kier alpha value is -2.48. The Labute approximate surface area is 137 Å². The van der Waals surface area contributed by atoms with Crippen molar-refractivity contribution in [3.05, 3.63) is 46.0 Å². The third-order valence-corrected chi connectivity index (χ3v) is 4.31. The zero-order chi connectivity index (χ0) is 16.6. The van der Waals surface area contributed by atoms with Crippen LogP contribution in [0.3, 0.4) is 0 Å². The second kappa shape index (κ2) is 5.62. The van der Waals surface area contributed by atoms with Crippen LogP contribution in [-0.4, -0.2) is 32.2 Å². The van der Waals surface area contributed by atoms with E-state index in [0.717, 1.165) is 5.56 Å². The molecular weight excluding hydrogens is 316 g/mol. The summed E-state index contributed by atoms with van der Waals surface area (Å²) in [6.45, 7) is 1.80. The van der Waals surface area contributed by atoms with E-state index in [4.69, 9.17) is 17.0 Å². The van der Waals surface area contributed by atoms with E-state index in [0.29, 0.717) is 22.6 Å². The van der Waals surface area contributed by atoms with Crippen molar-refractivity contribution in [3.63, 3.8) is 0 Å². The molecule has 0 radical (unpaired) electrons. The van der Waals surface area contributed by atoms with E-state index in [1.165, 1.54) is 0 Å². The number of fused-ring (bicyclic) bond motifs is 1. The van der Waals surface area contributed by atoms with Crippen LogP contribution >= 0.6 is 12.2 Å². The molecule has 2 heterocycles. The van der Waals surface area contributed by atoms with Crippen LogP contribution in [0.15, 0.2) is 24.3 Å². The van der Waals surface area contributed by atoms with Gasteiger partial charge in [-0.1, -0.05) is 18.2 Å². The van der Waals surface area contributed by atoms with Crippen LogP contribution in [-0.2, 0) is 29.5 Å². The molecule has 23 heavy (non-hydrogen) atoms. The predicted molar refractivity (Wildman–Crippen MR) is 84.2 cm³/mol. The molecule has 0 bridgehead atoms. The number of amides is 1. The summed E-state index contributed by atoms with van der Waals surface area (Å²) in [4.78, 5) is 24.6. The van der Waals surface area contributed by atoms with Gasteiger partial charge in [-0.3, -0.25) is 9.89 Å². The number of hydrogen-bond donors (Lipinski definition) is 2. The van der Waals surface area contributed by atoms with Crippen molar-refractivity contribution in [1.29, 1.82) is 0 Å². The molecule has 1 amide bonds. The molecule has 0 fully saturated rings. The van der Waals surface area contributed by atoms with Crippen molar-refractivity contribution in [3.8, 4) is 0 Å². The van der Waals surface area contributed by atoms with Gasteiger partial charge in [0.15, 0.2) is 16.2 Å². The fraction of sp³-hybridized carbons (Fsp3) is 0.333. The maximum atomic E-state index is 12.5. The van der Waals surface area contributed by atoms with E-state index in [9.17, 15) is 9.59 Å². The molecule has 1 atom stereocenters. The summed E-state index contributed by atoms with van der Waals surface area (Å²) < 4.78 is 7.52. The molecule has 120 valence electrons.